The molecule has 1 heteroatoms. The summed E-state index contributed by atoms with van der Waals surface area (Å²) in [5.74, 6) is 0. The smallest absolute Gasteiger partial charge is 0.0353 e. The van der Waals surface area contributed by atoms with Gasteiger partial charge in [0.05, 0.1) is 0 Å². The van der Waals surface area contributed by atoms with Crippen LogP contribution >= 0.6 is 0 Å². The van der Waals surface area contributed by atoms with Gasteiger partial charge in [0.15, 0.2) is 0 Å². The Balaban J connectivity index is 1.31. The van der Waals surface area contributed by atoms with E-state index in [0.717, 1.165) is 0 Å². The van der Waals surface area contributed by atoms with E-state index in [2.05, 4.69) is 157 Å². The molecule has 1 heterocycles. The van der Waals surface area contributed by atoms with Crippen molar-refractivity contribution in [3.05, 3.63) is 164 Å². The standard InChI is InChI=1S/C41H27N/c1-3-11-28(12-4-1)32-23-24-33(35-16-8-7-15-34(32)35)29-19-21-31(22-20-29)41-37-18-10-9-17-36(37)40(30-13-5-2-6-14-30)38-25-26-42-27-39(38)41/h1-27H. The molecule has 0 spiro atoms. The van der Waals surface area contributed by atoms with Gasteiger partial charge >= 0.3 is 0 Å². The van der Waals surface area contributed by atoms with E-state index in [4.69, 9.17) is 0 Å². The predicted molar refractivity (Wildman–Crippen MR) is 178 cm³/mol. The second-order valence-corrected chi connectivity index (χ2v) is 10.7. The fraction of sp³-hybridized carbons (Fsp3) is 0. The lowest BCUT2D eigenvalue weighted by molar-refractivity contribution is 1.37. The minimum atomic E-state index is 1.17. The SMILES string of the molecule is c1ccc(-c2ccc(-c3ccc(-c4c5ccccc5c(-c5ccccc5)c5ccncc45)cc3)c3ccccc23)cc1. The summed E-state index contributed by atoms with van der Waals surface area (Å²) in [7, 11) is 0. The number of pyridine rings is 1. The first-order chi connectivity index (χ1) is 20.9. The average Bonchev–Trinajstić information content (AvgIpc) is 3.07. The van der Waals surface area contributed by atoms with E-state index in [-0.39, 0.29) is 0 Å². The zero-order valence-electron chi connectivity index (χ0n) is 23.0. The monoisotopic (exact) mass is 533 g/mol. The van der Waals surface area contributed by atoms with Crippen LogP contribution in [0.5, 0.6) is 0 Å². The molecule has 0 amide bonds. The molecule has 8 aromatic rings. The largest absolute Gasteiger partial charge is 0.264 e. The molecule has 1 aromatic heterocycles. The van der Waals surface area contributed by atoms with Gasteiger partial charge in [-0.05, 0) is 77.5 Å². The third kappa shape index (κ3) is 3.98. The summed E-state index contributed by atoms with van der Waals surface area (Å²) in [4.78, 5) is 4.57. The zero-order valence-corrected chi connectivity index (χ0v) is 23.0. The van der Waals surface area contributed by atoms with Gasteiger partial charge in [-0.1, -0.05) is 146 Å². The summed E-state index contributed by atoms with van der Waals surface area (Å²) in [5, 5.41) is 7.41. The van der Waals surface area contributed by atoms with Crippen LogP contribution in [0.25, 0.3) is 76.8 Å². The number of hydrogen-bond acceptors (Lipinski definition) is 1. The summed E-state index contributed by atoms with van der Waals surface area (Å²) >= 11 is 0. The van der Waals surface area contributed by atoms with E-state index in [1.807, 2.05) is 12.4 Å². The molecule has 0 bridgehead atoms. The van der Waals surface area contributed by atoms with Crippen molar-refractivity contribution in [3.8, 4) is 44.5 Å². The second-order valence-electron chi connectivity index (χ2n) is 10.7. The lowest BCUT2D eigenvalue weighted by Crippen LogP contribution is -1.91. The highest BCUT2D eigenvalue weighted by Gasteiger charge is 2.17. The lowest BCUT2D eigenvalue weighted by atomic mass is 9.86. The summed E-state index contributed by atoms with van der Waals surface area (Å²) in [5.41, 5.74) is 9.85. The fourth-order valence-electron chi connectivity index (χ4n) is 6.48. The van der Waals surface area contributed by atoms with Crippen molar-refractivity contribution in [2.45, 2.75) is 0 Å². The van der Waals surface area contributed by atoms with E-state index in [9.17, 15) is 0 Å². The molecule has 0 unspecified atom stereocenters. The second kappa shape index (κ2) is 10.1. The maximum atomic E-state index is 4.57. The van der Waals surface area contributed by atoms with Crippen molar-refractivity contribution >= 4 is 32.3 Å². The van der Waals surface area contributed by atoms with Crippen molar-refractivity contribution in [2.75, 3.05) is 0 Å². The first-order valence-corrected chi connectivity index (χ1v) is 14.4. The van der Waals surface area contributed by atoms with Gasteiger partial charge in [0, 0.05) is 17.8 Å². The molecular formula is C41H27N. The van der Waals surface area contributed by atoms with Crippen LogP contribution in [0.1, 0.15) is 0 Å². The normalized spacial score (nSPS) is 11.3. The minimum absolute atomic E-state index is 1.17. The van der Waals surface area contributed by atoms with Crippen LogP contribution in [0.4, 0.5) is 0 Å². The van der Waals surface area contributed by atoms with Gasteiger partial charge in [-0.15, -0.1) is 0 Å². The fourth-order valence-corrected chi connectivity index (χ4v) is 6.48. The van der Waals surface area contributed by atoms with E-state index < -0.39 is 0 Å². The Morgan fingerprint density at radius 2 is 0.690 bits per heavy atom. The van der Waals surface area contributed by atoms with Crippen LogP contribution in [0.3, 0.4) is 0 Å². The number of hydrogen-bond donors (Lipinski definition) is 0. The van der Waals surface area contributed by atoms with Crippen LogP contribution in [0.2, 0.25) is 0 Å². The Kier molecular flexibility index (Phi) is 5.86. The number of benzene rings is 7. The van der Waals surface area contributed by atoms with Crippen LogP contribution in [0.15, 0.2) is 164 Å². The molecule has 0 aliphatic heterocycles. The quantitative estimate of drug-likeness (QED) is 0.205. The molecular weight excluding hydrogens is 506 g/mol. The molecule has 7 aromatic carbocycles. The molecule has 8 rings (SSSR count). The predicted octanol–water partition coefficient (Wildman–Crippen LogP) is 11.2. The van der Waals surface area contributed by atoms with Crippen LogP contribution in [-0.2, 0) is 0 Å². The molecule has 196 valence electrons. The van der Waals surface area contributed by atoms with Crippen LogP contribution < -0.4 is 0 Å². The molecule has 0 fully saturated rings. The van der Waals surface area contributed by atoms with Crippen molar-refractivity contribution in [3.63, 3.8) is 0 Å². The van der Waals surface area contributed by atoms with E-state index in [1.54, 1.807) is 0 Å². The first kappa shape index (κ1) is 24.3. The molecule has 1 nitrogen and oxygen atoms in total. The Labute approximate surface area is 245 Å². The van der Waals surface area contributed by atoms with Crippen molar-refractivity contribution in [1.82, 2.24) is 4.98 Å². The maximum absolute atomic E-state index is 4.57. The topological polar surface area (TPSA) is 12.9 Å². The van der Waals surface area contributed by atoms with Crippen molar-refractivity contribution in [2.24, 2.45) is 0 Å². The summed E-state index contributed by atoms with van der Waals surface area (Å²) in [6, 6.07) is 54.6. The van der Waals surface area contributed by atoms with E-state index in [0.29, 0.717) is 0 Å². The Hall–Kier alpha value is -5.53. The highest BCUT2D eigenvalue weighted by Crippen LogP contribution is 2.44. The molecule has 0 saturated heterocycles. The third-order valence-electron chi connectivity index (χ3n) is 8.38. The van der Waals surface area contributed by atoms with Gasteiger partial charge < -0.3 is 0 Å². The van der Waals surface area contributed by atoms with Gasteiger partial charge in [-0.2, -0.15) is 0 Å². The number of aromatic nitrogens is 1. The van der Waals surface area contributed by atoms with Gasteiger partial charge in [-0.25, -0.2) is 0 Å². The minimum Gasteiger partial charge on any atom is -0.264 e. The average molecular weight is 534 g/mol. The lowest BCUT2D eigenvalue weighted by Gasteiger charge is -2.18. The highest BCUT2D eigenvalue weighted by molar-refractivity contribution is 6.21. The van der Waals surface area contributed by atoms with Gasteiger partial charge in [0.2, 0.25) is 0 Å². The van der Waals surface area contributed by atoms with Gasteiger partial charge in [0.25, 0.3) is 0 Å². The molecule has 0 aliphatic carbocycles. The Morgan fingerprint density at radius 1 is 0.286 bits per heavy atom. The Morgan fingerprint density at radius 3 is 1.29 bits per heavy atom. The van der Waals surface area contributed by atoms with E-state index in [1.165, 1.54) is 76.8 Å². The van der Waals surface area contributed by atoms with E-state index >= 15 is 0 Å². The Bertz CT molecular complexity index is 2160. The highest BCUT2D eigenvalue weighted by atomic mass is 14.6. The van der Waals surface area contributed by atoms with Gasteiger partial charge in [0.1, 0.15) is 0 Å². The number of nitrogens with zero attached hydrogens (tertiary/aromatic N) is 1. The molecule has 0 saturated carbocycles. The van der Waals surface area contributed by atoms with Crippen LogP contribution in [0, 0.1) is 0 Å². The zero-order chi connectivity index (χ0) is 27.9. The molecule has 0 radical (unpaired) electrons. The van der Waals surface area contributed by atoms with Crippen LogP contribution in [-0.4, -0.2) is 4.98 Å². The van der Waals surface area contributed by atoms with Crippen molar-refractivity contribution < 1.29 is 0 Å². The number of rotatable bonds is 4. The summed E-state index contributed by atoms with van der Waals surface area (Å²) < 4.78 is 0. The molecule has 0 N–H and O–H groups in total. The first-order valence-electron chi connectivity index (χ1n) is 14.4. The summed E-state index contributed by atoms with van der Waals surface area (Å²) in [6.45, 7) is 0. The third-order valence-corrected chi connectivity index (χ3v) is 8.38. The van der Waals surface area contributed by atoms with Crippen molar-refractivity contribution in [1.29, 1.82) is 0 Å². The maximum Gasteiger partial charge on any atom is 0.0353 e. The number of fused-ring (bicyclic) bond motifs is 3. The van der Waals surface area contributed by atoms with Gasteiger partial charge in [-0.3, -0.25) is 4.98 Å². The molecule has 0 aliphatic rings. The molecule has 42 heavy (non-hydrogen) atoms. The molecule has 0 atom stereocenters. The summed E-state index contributed by atoms with van der Waals surface area (Å²) in [6.07, 6.45) is 3.92.